The summed E-state index contributed by atoms with van der Waals surface area (Å²) in [6, 6.07) is 3.76. The Balaban J connectivity index is 2.54. The van der Waals surface area contributed by atoms with E-state index in [0.29, 0.717) is 18.9 Å². The lowest BCUT2D eigenvalue weighted by Gasteiger charge is -2.16. The highest BCUT2D eigenvalue weighted by molar-refractivity contribution is 5.70. The van der Waals surface area contributed by atoms with Crippen LogP contribution in [0.3, 0.4) is 0 Å². The molecule has 0 aromatic carbocycles. The van der Waals surface area contributed by atoms with Gasteiger partial charge in [-0.25, -0.2) is 0 Å². The number of carboxylic acids is 1. The number of hydrogen-bond donors (Lipinski definition) is 2. The molecule has 4 nitrogen and oxygen atoms in total. The van der Waals surface area contributed by atoms with Crippen molar-refractivity contribution in [2.75, 3.05) is 11.9 Å². The van der Waals surface area contributed by atoms with E-state index in [1.165, 1.54) is 0 Å². The minimum atomic E-state index is -0.739. The lowest BCUT2D eigenvalue weighted by Crippen LogP contribution is -2.24. The molecule has 1 rings (SSSR count). The minimum absolute atomic E-state index is 0.344. The highest BCUT2D eigenvalue weighted by atomic mass is 16.4. The smallest absolute Gasteiger partial charge is 0.308 e. The summed E-state index contributed by atoms with van der Waals surface area (Å²) in [4.78, 5) is 15.2. The number of carbonyl (C=O) groups is 1. The molecule has 4 heteroatoms. The zero-order valence-corrected chi connectivity index (χ0v) is 10.6. The number of rotatable bonds is 6. The van der Waals surface area contributed by atoms with Gasteiger partial charge in [0.25, 0.3) is 0 Å². The molecule has 0 amide bonds. The first-order valence-corrected chi connectivity index (χ1v) is 5.88. The van der Waals surface area contributed by atoms with Gasteiger partial charge in [0.05, 0.1) is 5.92 Å². The molecule has 0 fully saturated rings. The van der Waals surface area contributed by atoms with Crippen LogP contribution in [0.2, 0.25) is 0 Å². The number of aryl methyl sites for hydroxylation is 1. The highest BCUT2D eigenvalue weighted by Crippen LogP contribution is 2.14. The Kier molecular flexibility index (Phi) is 4.94. The van der Waals surface area contributed by atoms with E-state index < -0.39 is 5.97 Å². The number of nitrogens with one attached hydrogen (secondary N) is 1. The molecule has 0 saturated heterocycles. The normalized spacial score (nSPS) is 12.5. The van der Waals surface area contributed by atoms with Crippen molar-refractivity contribution in [3.63, 3.8) is 0 Å². The van der Waals surface area contributed by atoms with E-state index in [1.54, 1.807) is 6.20 Å². The SMILES string of the molecule is Cc1cc(NCC(CC(C)C)C(=O)O)ccn1. The number of aliphatic carboxylic acids is 1. The molecule has 1 aromatic rings. The highest BCUT2D eigenvalue weighted by Gasteiger charge is 2.18. The molecule has 1 atom stereocenters. The fourth-order valence-electron chi connectivity index (χ4n) is 1.74. The van der Waals surface area contributed by atoms with Crippen molar-refractivity contribution in [1.82, 2.24) is 4.98 Å². The van der Waals surface area contributed by atoms with Crippen LogP contribution >= 0.6 is 0 Å². The Labute approximate surface area is 102 Å². The van der Waals surface area contributed by atoms with E-state index in [4.69, 9.17) is 5.11 Å². The third-order valence-corrected chi connectivity index (χ3v) is 2.55. The zero-order chi connectivity index (χ0) is 12.8. The first kappa shape index (κ1) is 13.5. The standard InChI is InChI=1S/C13H20N2O2/c1-9(2)6-11(13(16)17)8-15-12-4-5-14-10(3)7-12/h4-5,7,9,11H,6,8H2,1-3H3,(H,14,15)(H,16,17). The van der Waals surface area contributed by atoms with E-state index in [0.717, 1.165) is 11.4 Å². The average Bonchev–Trinajstić information content (AvgIpc) is 2.23. The largest absolute Gasteiger partial charge is 0.481 e. The second kappa shape index (κ2) is 6.23. The summed E-state index contributed by atoms with van der Waals surface area (Å²) in [5.74, 6) is -0.697. The maximum atomic E-state index is 11.1. The second-order valence-corrected chi connectivity index (χ2v) is 4.73. The fourth-order valence-corrected chi connectivity index (χ4v) is 1.74. The Hall–Kier alpha value is -1.58. The van der Waals surface area contributed by atoms with Crippen molar-refractivity contribution in [3.05, 3.63) is 24.0 Å². The molecule has 1 unspecified atom stereocenters. The van der Waals surface area contributed by atoms with E-state index in [-0.39, 0.29) is 5.92 Å². The molecule has 2 N–H and O–H groups in total. The lowest BCUT2D eigenvalue weighted by atomic mass is 9.97. The van der Waals surface area contributed by atoms with Crippen molar-refractivity contribution in [2.45, 2.75) is 27.2 Å². The number of hydrogen-bond acceptors (Lipinski definition) is 3. The molecular formula is C13H20N2O2. The number of pyridine rings is 1. The summed E-state index contributed by atoms with van der Waals surface area (Å²) in [5, 5.41) is 12.3. The lowest BCUT2D eigenvalue weighted by molar-refractivity contribution is -0.141. The Morgan fingerprint density at radius 3 is 2.76 bits per heavy atom. The molecular weight excluding hydrogens is 216 g/mol. The third kappa shape index (κ3) is 4.85. The van der Waals surface area contributed by atoms with E-state index >= 15 is 0 Å². The van der Waals surface area contributed by atoms with Gasteiger partial charge in [-0.15, -0.1) is 0 Å². The van der Waals surface area contributed by atoms with E-state index in [2.05, 4.69) is 10.3 Å². The third-order valence-electron chi connectivity index (χ3n) is 2.55. The van der Waals surface area contributed by atoms with Crippen LogP contribution in [-0.4, -0.2) is 22.6 Å². The molecule has 0 aliphatic carbocycles. The molecule has 17 heavy (non-hydrogen) atoms. The molecule has 0 bridgehead atoms. The van der Waals surface area contributed by atoms with Crippen LogP contribution in [0.1, 0.15) is 26.0 Å². The van der Waals surface area contributed by atoms with Gasteiger partial charge in [-0.1, -0.05) is 13.8 Å². The quantitative estimate of drug-likeness (QED) is 0.796. The van der Waals surface area contributed by atoms with Gasteiger partial charge in [0, 0.05) is 24.1 Å². The Bertz CT molecular complexity index is 377. The number of aromatic nitrogens is 1. The van der Waals surface area contributed by atoms with E-state index in [1.807, 2.05) is 32.9 Å². The van der Waals surface area contributed by atoms with Crippen LogP contribution in [0.15, 0.2) is 18.3 Å². The topological polar surface area (TPSA) is 62.2 Å². The predicted molar refractivity (Wildman–Crippen MR) is 68.0 cm³/mol. The van der Waals surface area contributed by atoms with Crippen molar-refractivity contribution in [2.24, 2.45) is 11.8 Å². The molecule has 1 heterocycles. The van der Waals surface area contributed by atoms with Gasteiger partial charge in [0.2, 0.25) is 0 Å². The van der Waals surface area contributed by atoms with Crippen molar-refractivity contribution < 1.29 is 9.90 Å². The zero-order valence-electron chi connectivity index (χ0n) is 10.6. The Morgan fingerprint density at radius 2 is 2.24 bits per heavy atom. The summed E-state index contributed by atoms with van der Waals surface area (Å²) >= 11 is 0. The first-order valence-electron chi connectivity index (χ1n) is 5.88. The average molecular weight is 236 g/mol. The molecule has 0 aliphatic rings. The summed E-state index contributed by atoms with van der Waals surface area (Å²) in [5.41, 5.74) is 1.85. The van der Waals surface area contributed by atoms with Crippen molar-refractivity contribution >= 4 is 11.7 Å². The molecule has 1 aromatic heterocycles. The van der Waals surface area contributed by atoms with Gasteiger partial charge < -0.3 is 10.4 Å². The van der Waals surface area contributed by atoms with Crippen molar-refractivity contribution in [1.29, 1.82) is 0 Å². The predicted octanol–water partition coefficient (Wildman–Crippen LogP) is 2.55. The van der Waals surface area contributed by atoms with Crippen molar-refractivity contribution in [3.8, 4) is 0 Å². The summed E-state index contributed by atoms with van der Waals surface area (Å²) in [6.45, 7) is 6.43. The molecule has 94 valence electrons. The maximum Gasteiger partial charge on any atom is 0.308 e. The van der Waals surface area contributed by atoms with Crippen LogP contribution in [0, 0.1) is 18.8 Å². The number of nitrogens with zero attached hydrogens (tertiary/aromatic N) is 1. The van der Waals surface area contributed by atoms with Gasteiger partial charge in [-0.3, -0.25) is 9.78 Å². The first-order chi connectivity index (χ1) is 7.99. The summed E-state index contributed by atoms with van der Waals surface area (Å²) in [7, 11) is 0. The molecule has 0 aliphatic heterocycles. The number of anilines is 1. The second-order valence-electron chi connectivity index (χ2n) is 4.73. The van der Waals surface area contributed by atoms with Gasteiger partial charge >= 0.3 is 5.97 Å². The van der Waals surface area contributed by atoms with Gasteiger partial charge in [-0.05, 0) is 31.4 Å². The summed E-state index contributed by atoms with van der Waals surface area (Å²) < 4.78 is 0. The van der Waals surface area contributed by atoms with Crippen LogP contribution in [0.4, 0.5) is 5.69 Å². The molecule has 0 radical (unpaired) electrons. The van der Waals surface area contributed by atoms with Crippen LogP contribution < -0.4 is 5.32 Å². The number of carboxylic acid groups (broad SMARTS) is 1. The van der Waals surface area contributed by atoms with Gasteiger partial charge in [0.1, 0.15) is 0 Å². The van der Waals surface area contributed by atoms with Crippen LogP contribution in [0.25, 0.3) is 0 Å². The van der Waals surface area contributed by atoms with Gasteiger partial charge in [-0.2, -0.15) is 0 Å². The Morgan fingerprint density at radius 1 is 1.53 bits per heavy atom. The molecule has 0 spiro atoms. The van der Waals surface area contributed by atoms with Crippen LogP contribution in [-0.2, 0) is 4.79 Å². The van der Waals surface area contributed by atoms with Crippen LogP contribution in [0.5, 0.6) is 0 Å². The fraction of sp³-hybridized carbons (Fsp3) is 0.538. The minimum Gasteiger partial charge on any atom is -0.481 e. The van der Waals surface area contributed by atoms with Gasteiger partial charge in [0.15, 0.2) is 0 Å². The maximum absolute atomic E-state index is 11.1. The summed E-state index contributed by atoms with van der Waals surface area (Å²) in [6.07, 6.45) is 2.41. The van der Waals surface area contributed by atoms with E-state index in [9.17, 15) is 4.79 Å². The molecule has 0 saturated carbocycles. The monoisotopic (exact) mass is 236 g/mol.